The van der Waals surface area contributed by atoms with Gasteiger partial charge in [-0.3, -0.25) is 0 Å². The van der Waals surface area contributed by atoms with Crippen molar-refractivity contribution in [3.8, 4) is 11.1 Å². The van der Waals surface area contributed by atoms with E-state index in [-0.39, 0.29) is 12.5 Å². The van der Waals surface area contributed by atoms with Crippen LogP contribution in [-0.4, -0.2) is 36.5 Å². The summed E-state index contributed by atoms with van der Waals surface area (Å²) in [6.45, 7) is -1.14. The number of rotatable bonds is 5. The molecule has 1 atom stereocenters. The first kappa shape index (κ1) is 16.0. The number of alkyl halides is 1. The van der Waals surface area contributed by atoms with Crippen molar-refractivity contribution in [1.82, 2.24) is 5.32 Å². The molecule has 0 fully saturated rings. The Morgan fingerprint density at radius 3 is 2.12 bits per heavy atom. The molecule has 1 unspecified atom stereocenters. The summed E-state index contributed by atoms with van der Waals surface area (Å²) in [7, 11) is 0. The first-order valence-electron chi connectivity index (χ1n) is 7.52. The molecule has 0 bridgehead atoms. The van der Waals surface area contributed by atoms with Gasteiger partial charge in [-0.15, -0.1) is 0 Å². The Balaban J connectivity index is 1.74. The maximum atomic E-state index is 12.6. The number of hydrogen-bond acceptors (Lipinski definition) is 3. The summed E-state index contributed by atoms with van der Waals surface area (Å²) in [4.78, 5) is 22.5. The molecule has 3 rings (SSSR count). The zero-order chi connectivity index (χ0) is 17.1. The SMILES string of the molecule is O=C(NC(CF)C(=O)O)OCC1c2ccccc2-c2ccccc21. The van der Waals surface area contributed by atoms with Crippen molar-refractivity contribution >= 4 is 12.1 Å². The fourth-order valence-corrected chi connectivity index (χ4v) is 2.95. The Bertz CT molecular complexity index is 732. The topological polar surface area (TPSA) is 75.6 Å². The second kappa shape index (κ2) is 6.70. The van der Waals surface area contributed by atoms with E-state index in [4.69, 9.17) is 9.84 Å². The Labute approximate surface area is 138 Å². The van der Waals surface area contributed by atoms with Gasteiger partial charge >= 0.3 is 12.1 Å². The normalized spacial score (nSPS) is 13.7. The number of amides is 1. The van der Waals surface area contributed by atoms with Crippen molar-refractivity contribution < 1.29 is 23.8 Å². The highest BCUT2D eigenvalue weighted by Crippen LogP contribution is 2.44. The lowest BCUT2D eigenvalue weighted by Gasteiger charge is -2.16. The number of hydrogen-bond donors (Lipinski definition) is 2. The van der Waals surface area contributed by atoms with Crippen LogP contribution in [0, 0.1) is 0 Å². The van der Waals surface area contributed by atoms with Gasteiger partial charge in [0, 0.05) is 5.92 Å². The molecule has 2 aromatic carbocycles. The average molecular weight is 329 g/mol. The van der Waals surface area contributed by atoms with Gasteiger partial charge in [-0.05, 0) is 22.3 Å². The molecule has 24 heavy (non-hydrogen) atoms. The first-order valence-corrected chi connectivity index (χ1v) is 7.52. The van der Waals surface area contributed by atoms with Crippen LogP contribution in [0.3, 0.4) is 0 Å². The van der Waals surface area contributed by atoms with E-state index in [1.165, 1.54) is 0 Å². The van der Waals surface area contributed by atoms with Crippen molar-refractivity contribution in [2.75, 3.05) is 13.3 Å². The van der Waals surface area contributed by atoms with Crippen LogP contribution in [0.25, 0.3) is 11.1 Å². The second-order valence-electron chi connectivity index (χ2n) is 5.52. The molecule has 1 amide bonds. The highest BCUT2D eigenvalue weighted by Gasteiger charge is 2.29. The van der Waals surface area contributed by atoms with E-state index in [2.05, 4.69) is 0 Å². The van der Waals surface area contributed by atoms with Crippen LogP contribution in [0.5, 0.6) is 0 Å². The van der Waals surface area contributed by atoms with E-state index in [1.54, 1.807) is 0 Å². The predicted octanol–water partition coefficient (Wildman–Crippen LogP) is 2.95. The van der Waals surface area contributed by atoms with Gasteiger partial charge in [-0.1, -0.05) is 48.5 Å². The number of benzene rings is 2. The second-order valence-corrected chi connectivity index (χ2v) is 5.52. The van der Waals surface area contributed by atoms with Crippen molar-refractivity contribution in [1.29, 1.82) is 0 Å². The third-order valence-corrected chi connectivity index (χ3v) is 4.09. The largest absolute Gasteiger partial charge is 0.480 e. The molecule has 0 aromatic heterocycles. The van der Waals surface area contributed by atoms with E-state index in [9.17, 15) is 14.0 Å². The molecule has 2 N–H and O–H groups in total. The smallest absolute Gasteiger partial charge is 0.407 e. The van der Waals surface area contributed by atoms with E-state index >= 15 is 0 Å². The quantitative estimate of drug-likeness (QED) is 0.884. The lowest BCUT2D eigenvalue weighted by Crippen LogP contribution is -2.42. The van der Waals surface area contributed by atoms with Gasteiger partial charge < -0.3 is 15.2 Å². The first-order chi connectivity index (χ1) is 11.6. The number of carboxylic acid groups (broad SMARTS) is 1. The summed E-state index contributed by atoms with van der Waals surface area (Å²) in [6, 6.07) is 14.1. The summed E-state index contributed by atoms with van der Waals surface area (Å²) in [6.07, 6.45) is -0.943. The molecule has 6 heteroatoms. The minimum Gasteiger partial charge on any atom is -0.480 e. The van der Waals surface area contributed by atoms with E-state index < -0.39 is 24.8 Å². The summed E-state index contributed by atoms with van der Waals surface area (Å²) in [5.41, 5.74) is 4.28. The number of ether oxygens (including phenoxy) is 1. The lowest BCUT2D eigenvalue weighted by molar-refractivity contribution is -0.139. The highest BCUT2D eigenvalue weighted by molar-refractivity contribution is 5.81. The van der Waals surface area contributed by atoms with Crippen LogP contribution >= 0.6 is 0 Å². The number of aliphatic carboxylic acids is 1. The van der Waals surface area contributed by atoms with Crippen molar-refractivity contribution in [2.45, 2.75) is 12.0 Å². The monoisotopic (exact) mass is 329 g/mol. The Hall–Kier alpha value is -2.89. The maximum absolute atomic E-state index is 12.6. The summed E-state index contributed by atoms with van der Waals surface area (Å²) in [5, 5.41) is 10.8. The van der Waals surface area contributed by atoms with Crippen LogP contribution in [0.4, 0.5) is 9.18 Å². The van der Waals surface area contributed by atoms with Gasteiger partial charge in [0.2, 0.25) is 0 Å². The molecular formula is C18H16FNO4. The molecule has 0 heterocycles. The van der Waals surface area contributed by atoms with Crippen LogP contribution < -0.4 is 5.32 Å². The van der Waals surface area contributed by atoms with E-state index in [0.717, 1.165) is 22.3 Å². The lowest BCUT2D eigenvalue weighted by atomic mass is 9.98. The van der Waals surface area contributed by atoms with Gasteiger partial charge in [0.25, 0.3) is 0 Å². The number of carbonyl (C=O) groups excluding carboxylic acids is 1. The van der Waals surface area contributed by atoms with Crippen LogP contribution in [-0.2, 0) is 9.53 Å². The van der Waals surface area contributed by atoms with E-state index in [0.29, 0.717) is 0 Å². The molecule has 124 valence electrons. The predicted molar refractivity (Wildman–Crippen MR) is 85.6 cm³/mol. The summed E-state index contributed by atoms with van der Waals surface area (Å²) < 4.78 is 17.7. The highest BCUT2D eigenvalue weighted by atomic mass is 19.1. The van der Waals surface area contributed by atoms with Crippen LogP contribution in [0.2, 0.25) is 0 Å². The molecule has 0 radical (unpaired) electrons. The fraction of sp³-hybridized carbons (Fsp3) is 0.222. The molecule has 0 aliphatic heterocycles. The Kier molecular flexibility index (Phi) is 4.46. The maximum Gasteiger partial charge on any atom is 0.407 e. The molecule has 5 nitrogen and oxygen atoms in total. The van der Waals surface area contributed by atoms with E-state index in [1.807, 2.05) is 53.8 Å². The van der Waals surface area contributed by atoms with Crippen molar-refractivity contribution in [3.05, 3.63) is 59.7 Å². The number of alkyl carbamates (subject to hydrolysis) is 1. The van der Waals surface area contributed by atoms with Crippen molar-refractivity contribution in [3.63, 3.8) is 0 Å². The number of carbonyl (C=O) groups is 2. The van der Waals surface area contributed by atoms with Gasteiger partial charge in [0.05, 0.1) is 0 Å². The van der Waals surface area contributed by atoms with Gasteiger partial charge in [-0.25, -0.2) is 14.0 Å². The van der Waals surface area contributed by atoms with Gasteiger partial charge in [0.1, 0.15) is 13.3 Å². The number of carboxylic acids is 1. The summed E-state index contributed by atoms with van der Waals surface area (Å²) in [5.74, 6) is -1.57. The third-order valence-electron chi connectivity index (χ3n) is 4.09. The molecule has 0 spiro atoms. The third kappa shape index (κ3) is 2.95. The Morgan fingerprint density at radius 2 is 1.62 bits per heavy atom. The average Bonchev–Trinajstić information content (AvgIpc) is 2.91. The standard InChI is InChI=1S/C18H16FNO4/c19-9-16(17(21)22)20-18(23)24-10-15-13-7-3-1-5-11(13)12-6-2-4-8-14(12)15/h1-8,15-16H,9-10H2,(H,20,23)(H,21,22). The Morgan fingerprint density at radius 1 is 1.08 bits per heavy atom. The molecular weight excluding hydrogens is 313 g/mol. The molecule has 0 saturated heterocycles. The minimum atomic E-state index is -1.60. The fourth-order valence-electron chi connectivity index (χ4n) is 2.95. The number of fused-ring (bicyclic) bond motifs is 3. The molecule has 1 aliphatic carbocycles. The molecule has 1 aliphatic rings. The van der Waals surface area contributed by atoms with Crippen molar-refractivity contribution in [2.24, 2.45) is 0 Å². The summed E-state index contributed by atoms with van der Waals surface area (Å²) >= 11 is 0. The zero-order valence-electron chi connectivity index (χ0n) is 12.7. The zero-order valence-corrected chi connectivity index (χ0v) is 12.7. The van der Waals surface area contributed by atoms with Gasteiger partial charge in [0.15, 0.2) is 6.04 Å². The minimum absolute atomic E-state index is 0.0541. The molecule has 2 aromatic rings. The van der Waals surface area contributed by atoms with Crippen LogP contribution in [0.15, 0.2) is 48.5 Å². The van der Waals surface area contributed by atoms with Crippen LogP contribution in [0.1, 0.15) is 17.0 Å². The molecule has 0 saturated carbocycles. The van der Waals surface area contributed by atoms with Gasteiger partial charge in [-0.2, -0.15) is 0 Å². The number of nitrogens with one attached hydrogen (secondary N) is 1. The number of halogens is 1.